The molecule has 4 heteroatoms. The van der Waals surface area contributed by atoms with Crippen molar-refractivity contribution < 1.29 is 10.2 Å². The van der Waals surface area contributed by atoms with Gasteiger partial charge >= 0.3 is 0 Å². The Morgan fingerprint density at radius 2 is 1.84 bits per heavy atom. The molecule has 0 spiro atoms. The van der Waals surface area contributed by atoms with E-state index in [1.54, 1.807) is 0 Å². The third-order valence-corrected chi connectivity index (χ3v) is 3.72. The number of nitrogens with zero attached hydrogens (tertiary/aromatic N) is 1. The molecule has 0 bridgehead atoms. The Morgan fingerprint density at radius 3 is 2.42 bits per heavy atom. The Kier molecular flexibility index (Phi) is 2.55. The van der Waals surface area contributed by atoms with Crippen LogP contribution in [0.15, 0.2) is 23.1 Å². The summed E-state index contributed by atoms with van der Waals surface area (Å²) >= 11 is 0. The third kappa shape index (κ3) is 1.87. The van der Waals surface area contributed by atoms with Crippen LogP contribution in [0, 0.1) is 0 Å². The van der Waals surface area contributed by atoms with Crippen LogP contribution in [0.25, 0.3) is 10.9 Å². The predicted molar refractivity (Wildman–Crippen MR) is 73.9 cm³/mol. The maximum absolute atomic E-state index is 12.4. The smallest absolute Gasteiger partial charge is 0.192 e. The van der Waals surface area contributed by atoms with Crippen molar-refractivity contribution in [1.29, 1.82) is 0 Å². The van der Waals surface area contributed by atoms with Crippen molar-refractivity contribution in [3.8, 4) is 11.5 Å². The van der Waals surface area contributed by atoms with Gasteiger partial charge in [-0.05, 0) is 24.8 Å². The van der Waals surface area contributed by atoms with Gasteiger partial charge in [-0.3, -0.25) is 4.79 Å². The average molecular weight is 259 g/mol. The summed E-state index contributed by atoms with van der Waals surface area (Å²) in [6.45, 7) is 3.97. The van der Waals surface area contributed by atoms with E-state index in [4.69, 9.17) is 0 Å². The number of phenols is 2. The molecule has 4 nitrogen and oxygen atoms in total. The highest BCUT2D eigenvalue weighted by Gasteiger charge is 2.26. The number of hydrogen-bond donors (Lipinski definition) is 2. The molecule has 0 atom stereocenters. The number of hydrogen-bond acceptors (Lipinski definition) is 3. The van der Waals surface area contributed by atoms with Crippen LogP contribution in [0.1, 0.15) is 44.2 Å². The zero-order valence-corrected chi connectivity index (χ0v) is 11.1. The lowest BCUT2D eigenvalue weighted by molar-refractivity contribution is 0.404. The lowest BCUT2D eigenvalue weighted by Gasteiger charge is -2.15. The van der Waals surface area contributed by atoms with Gasteiger partial charge in [0.2, 0.25) is 0 Å². The van der Waals surface area contributed by atoms with Gasteiger partial charge in [0.25, 0.3) is 0 Å². The van der Waals surface area contributed by atoms with Crippen molar-refractivity contribution in [2.75, 3.05) is 0 Å². The Balaban J connectivity index is 2.42. The summed E-state index contributed by atoms with van der Waals surface area (Å²) < 4.78 is 2.06. The molecule has 0 amide bonds. The molecule has 1 saturated carbocycles. The second-order valence-corrected chi connectivity index (χ2v) is 5.56. The molecular formula is C15H17NO3. The van der Waals surface area contributed by atoms with Crippen molar-refractivity contribution in [2.24, 2.45) is 0 Å². The molecule has 1 aromatic heterocycles. The number of benzene rings is 1. The Morgan fingerprint density at radius 1 is 1.21 bits per heavy atom. The summed E-state index contributed by atoms with van der Waals surface area (Å²) in [6.07, 6.45) is 4.10. The molecule has 100 valence electrons. The maximum atomic E-state index is 12.4. The van der Waals surface area contributed by atoms with E-state index in [0.29, 0.717) is 16.9 Å². The second-order valence-electron chi connectivity index (χ2n) is 5.56. The summed E-state index contributed by atoms with van der Waals surface area (Å²) in [7, 11) is 0. The van der Waals surface area contributed by atoms with Crippen molar-refractivity contribution in [3.05, 3.63) is 34.1 Å². The Hall–Kier alpha value is -1.97. The van der Waals surface area contributed by atoms with E-state index in [-0.39, 0.29) is 22.8 Å². The highest BCUT2D eigenvalue weighted by atomic mass is 16.3. The van der Waals surface area contributed by atoms with Gasteiger partial charge in [-0.1, -0.05) is 13.8 Å². The minimum atomic E-state index is -0.243. The van der Waals surface area contributed by atoms with E-state index in [1.807, 2.05) is 20.0 Å². The van der Waals surface area contributed by atoms with Crippen LogP contribution in [-0.2, 0) is 0 Å². The average Bonchev–Trinajstić information content (AvgIpc) is 3.16. The van der Waals surface area contributed by atoms with Crippen molar-refractivity contribution in [3.63, 3.8) is 0 Å². The van der Waals surface area contributed by atoms with Crippen LogP contribution in [-0.4, -0.2) is 14.8 Å². The van der Waals surface area contributed by atoms with Gasteiger partial charge in [0.1, 0.15) is 0 Å². The standard InChI is InChI=1S/C15H17NO3/c1-8(2)11-7-16(9-3-4-9)12-6-14(18)13(17)5-10(12)15(11)19/h5-9,17-18H,3-4H2,1-2H3. The van der Waals surface area contributed by atoms with Gasteiger partial charge in [-0.15, -0.1) is 0 Å². The number of aromatic hydroxyl groups is 2. The van der Waals surface area contributed by atoms with E-state index in [2.05, 4.69) is 4.57 Å². The zero-order valence-electron chi connectivity index (χ0n) is 11.1. The summed E-state index contributed by atoms with van der Waals surface area (Å²) in [5.74, 6) is -0.288. The van der Waals surface area contributed by atoms with Crippen LogP contribution >= 0.6 is 0 Å². The first kappa shape index (κ1) is 12.1. The highest BCUT2D eigenvalue weighted by molar-refractivity contribution is 5.83. The number of aromatic nitrogens is 1. The molecular weight excluding hydrogens is 242 g/mol. The lowest BCUT2D eigenvalue weighted by Crippen LogP contribution is -2.15. The van der Waals surface area contributed by atoms with Crippen molar-refractivity contribution in [2.45, 2.75) is 38.6 Å². The van der Waals surface area contributed by atoms with Crippen molar-refractivity contribution in [1.82, 2.24) is 4.57 Å². The first-order valence-electron chi connectivity index (χ1n) is 6.59. The molecule has 19 heavy (non-hydrogen) atoms. The molecule has 2 N–H and O–H groups in total. The Labute approximate surface area is 110 Å². The van der Waals surface area contributed by atoms with Crippen LogP contribution in [0.4, 0.5) is 0 Å². The fourth-order valence-electron chi connectivity index (χ4n) is 2.46. The molecule has 1 aliphatic carbocycles. The van der Waals surface area contributed by atoms with Crippen molar-refractivity contribution >= 4 is 10.9 Å². The first-order chi connectivity index (χ1) is 8.99. The van der Waals surface area contributed by atoms with Gasteiger partial charge in [0.05, 0.1) is 5.52 Å². The topological polar surface area (TPSA) is 62.5 Å². The molecule has 1 aromatic carbocycles. The van der Waals surface area contributed by atoms with Crippen LogP contribution in [0.2, 0.25) is 0 Å². The third-order valence-electron chi connectivity index (χ3n) is 3.72. The molecule has 0 saturated heterocycles. The summed E-state index contributed by atoms with van der Waals surface area (Å²) in [5.41, 5.74) is 1.40. The second kappa shape index (κ2) is 4.02. The quantitative estimate of drug-likeness (QED) is 0.815. The van der Waals surface area contributed by atoms with E-state index < -0.39 is 0 Å². The predicted octanol–water partition coefficient (Wildman–Crippen LogP) is 2.87. The van der Waals surface area contributed by atoms with Gasteiger partial charge in [-0.2, -0.15) is 0 Å². The molecule has 2 aromatic rings. The number of phenolic OH excluding ortho intramolecular Hbond substituents is 2. The lowest BCUT2D eigenvalue weighted by atomic mass is 10.0. The molecule has 1 aliphatic rings. The van der Waals surface area contributed by atoms with E-state index in [0.717, 1.165) is 18.4 Å². The normalized spacial score (nSPS) is 15.3. The molecule has 0 aliphatic heterocycles. The van der Waals surface area contributed by atoms with Gasteiger partial charge < -0.3 is 14.8 Å². The fraction of sp³-hybridized carbons (Fsp3) is 0.400. The highest BCUT2D eigenvalue weighted by Crippen LogP contribution is 2.39. The number of fused-ring (bicyclic) bond motifs is 1. The summed E-state index contributed by atoms with van der Waals surface area (Å²) in [5, 5.41) is 19.7. The van der Waals surface area contributed by atoms with Crippen LogP contribution in [0.5, 0.6) is 11.5 Å². The molecule has 0 unspecified atom stereocenters. The Bertz CT molecular complexity index is 711. The number of pyridine rings is 1. The zero-order chi connectivity index (χ0) is 13.7. The van der Waals surface area contributed by atoms with E-state index in [9.17, 15) is 15.0 Å². The minimum absolute atomic E-state index is 0.0581. The van der Waals surface area contributed by atoms with Gasteiger partial charge in [0, 0.05) is 29.3 Å². The van der Waals surface area contributed by atoms with E-state index in [1.165, 1.54) is 12.1 Å². The maximum Gasteiger partial charge on any atom is 0.192 e. The largest absolute Gasteiger partial charge is 0.504 e. The van der Waals surface area contributed by atoms with Gasteiger partial charge in [0.15, 0.2) is 16.9 Å². The SMILES string of the molecule is CC(C)c1cn(C2CC2)c2cc(O)c(O)cc2c1=O. The number of rotatable bonds is 2. The molecule has 1 heterocycles. The first-order valence-corrected chi connectivity index (χ1v) is 6.59. The van der Waals surface area contributed by atoms with E-state index >= 15 is 0 Å². The monoisotopic (exact) mass is 259 g/mol. The summed E-state index contributed by atoms with van der Waals surface area (Å²) in [4.78, 5) is 12.4. The van der Waals surface area contributed by atoms with Gasteiger partial charge in [-0.25, -0.2) is 0 Å². The van der Waals surface area contributed by atoms with Crippen LogP contribution < -0.4 is 5.43 Å². The molecule has 1 fully saturated rings. The summed E-state index contributed by atoms with van der Waals surface area (Å²) in [6, 6.07) is 3.26. The molecule has 3 rings (SSSR count). The van der Waals surface area contributed by atoms with Crippen LogP contribution in [0.3, 0.4) is 0 Å². The fourth-order valence-corrected chi connectivity index (χ4v) is 2.46. The minimum Gasteiger partial charge on any atom is -0.504 e. The molecule has 0 radical (unpaired) electrons.